The summed E-state index contributed by atoms with van der Waals surface area (Å²) in [5.41, 5.74) is 4.21. The molecule has 162 valence electrons. The Hall–Kier alpha value is -3.20. The number of nitrogens with two attached hydrogens (primary N) is 1. The van der Waals surface area contributed by atoms with Crippen LogP contribution in [0.4, 0.5) is 4.39 Å². The molecule has 9 heteroatoms. The van der Waals surface area contributed by atoms with Gasteiger partial charge in [-0.15, -0.1) is 0 Å². The number of hydrogen-bond acceptors (Lipinski definition) is 5. The van der Waals surface area contributed by atoms with Gasteiger partial charge in [0.15, 0.2) is 17.7 Å². The molecule has 3 aliphatic rings. The van der Waals surface area contributed by atoms with E-state index in [9.17, 15) is 23.9 Å². The van der Waals surface area contributed by atoms with E-state index in [-0.39, 0.29) is 35.6 Å². The molecule has 2 aliphatic heterocycles. The lowest BCUT2D eigenvalue weighted by molar-refractivity contribution is -0.192. The Labute approximate surface area is 177 Å². The highest BCUT2D eigenvalue weighted by Crippen LogP contribution is 2.51. The standard InChI is InChI=1S/C22H22FN3O5/c1-11(12-2-4-13(23)5-3-12)22-7-6-14(8-22)26-16(31-22)10-25-9-15(20(24)29)18(27)19(28)17(25)21(26)30/h2-5,9,11,14,16,28H,6-8,10H2,1H3,(H2,24,29)/t11-,14?,16?,22?/m1/s1. The molecule has 1 saturated heterocycles. The summed E-state index contributed by atoms with van der Waals surface area (Å²) < 4.78 is 21.3. The van der Waals surface area contributed by atoms with E-state index in [1.165, 1.54) is 22.9 Å². The van der Waals surface area contributed by atoms with Crippen LogP contribution >= 0.6 is 0 Å². The van der Waals surface area contributed by atoms with Crippen molar-refractivity contribution in [3.05, 3.63) is 63.3 Å². The molecule has 2 aromatic rings. The minimum absolute atomic E-state index is 0.0275. The summed E-state index contributed by atoms with van der Waals surface area (Å²) in [7, 11) is 0. The van der Waals surface area contributed by atoms with Crippen LogP contribution in [0.15, 0.2) is 35.3 Å². The summed E-state index contributed by atoms with van der Waals surface area (Å²) in [6.07, 6.45) is 2.65. The fourth-order valence-electron chi connectivity index (χ4n) is 5.38. The third kappa shape index (κ3) is 2.79. The number of ether oxygens (including phenoxy) is 1. The molecule has 31 heavy (non-hydrogen) atoms. The topological polar surface area (TPSA) is 115 Å². The van der Waals surface area contributed by atoms with Gasteiger partial charge in [0.25, 0.3) is 11.8 Å². The summed E-state index contributed by atoms with van der Waals surface area (Å²) in [6.45, 7) is 2.20. The van der Waals surface area contributed by atoms with Crippen molar-refractivity contribution in [1.29, 1.82) is 0 Å². The number of benzene rings is 1. The van der Waals surface area contributed by atoms with E-state index in [1.807, 2.05) is 6.92 Å². The molecular weight excluding hydrogens is 405 g/mol. The van der Waals surface area contributed by atoms with Gasteiger partial charge in [-0.1, -0.05) is 19.1 Å². The van der Waals surface area contributed by atoms with E-state index in [4.69, 9.17) is 10.5 Å². The molecule has 2 bridgehead atoms. The molecule has 0 radical (unpaired) electrons. The number of primary amides is 1. The normalized spacial score (nSPS) is 27.5. The second-order valence-electron chi connectivity index (χ2n) is 8.61. The van der Waals surface area contributed by atoms with E-state index in [0.717, 1.165) is 18.4 Å². The van der Waals surface area contributed by atoms with Gasteiger partial charge in [-0.3, -0.25) is 14.4 Å². The van der Waals surface area contributed by atoms with Crippen molar-refractivity contribution in [1.82, 2.24) is 9.47 Å². The van der Waals surface area contributed by atoms with E-state index < -0.39 is 34.8 Å². The smallest absolute Gasteiger partial charge is 0.276 e. The van der Waals surface area contributed by atoms with E-state index >= 15 is 0 Å². The maximum atomic E-state index is 13.4. The van der Waals surface area contributed by atoms with Crippen molar-refractivity contribution >= 4 is 11.8 Å². The first-order valence-corrected chi connectivity index (χ1v) is 10.2. The van der Waals surface area contributed by atoms with Gasteiger partial charge in [0, 0.05) is 18.2 Å². The van der Waals surface area contributed by atoms with Crippen LogP contribution in [0.1, 0.15) is 58.5 Å². The Kier molecular flexibility index (Phi) is 4.23. The third-order valence-electron chi connectivity index (χ3n) is 7.03. The fourth-order valence-corrected chi connectivity index (χ4v) is 5.38. The average molecular weight is 427 g/mol. The molecule has 3 unspecified atom stereocenters. The molecule has 1 aromatic heterocycles. The number of amides is 2. The molecular formula is C22H22FN3O5. The predicted octanol–water partition coefficient (Wildman–Crippen LogP) is 1.70. The number of aromatic nitrogens is 1. The van der Waals surface area contributed by atoms with E-state index in [0.29, 0.717) is 6.42 Å². The summed E-state index contributed by atoms with van der Waals surface area (Å²) in [5.74, 6) is -2.58. The lowest BCUT2D eigenvalue weighted by atomic mass is 9.80. The fraction of sp³-hybridized carbons (Fsp3) is 0.409. The lowest BCUT2D eigenvalue weighted by Crippen LogP contribution is -2.60. The minimum atomic E-state index is -0.975. The summed E-state index contributed by atoms with van der Waals surface area (Å²) >= 11 is 0. The molecule has 1 aliphatic carbocycles. The number of carbonyl (C=O) groups excluding carboxylic acids is 2. The predicted molar refractivity (Wildman–Crippen MR) is 107 cm³/mol. The Balaban J connectivity index is 1.53. The number of halogens is 1. The van der Waals surface area contributed by atoms with E-state index in [2.05, 4.69) is 0 Å². The molecule has 3 heterocycles. The van der Waals surface area contributed by atoms with Crippen LogP contribution in [0, 0.1) is 5.82 Å². The maximum absolute atomic E-state index is 13.4. The van der Waals surface area contributed by atoms with Gasteiger partial charge < -0.3 is 25.0 Å². The second kappa shape index (κ2) is 6.65. The van der Waals surface area contributed by atoms with Gasteiger partial charge in [0.2, 0.25) is 5.43 Å². The summed E-state index contributed by atoms with van der Waals surface area (Å²) in [5, 5.41) is 10.4. The molecule has 8 nitrogen and oxygen atoms in total. The molecule has 0 spiro atoms. The lowest BCUT2D eigenvalue weighted by Gasteiger charge is -2.50. The first-order valence-electron chi connectivity index (χ1n) is 10.2. The summed E-state index contributed by atoms with van der Waals surface area (Å²) in [6, 6.07) is 6.25. The first-order chi connectivity index (χ1) is 14.7. The largest absolute Gasteiger partial charge is 0.503 e. The van der Waals surface area contributed by atoms with Crippen molar-refractivity contribution in [2.24, 2.45) is 5.73 Å². The molecule has 5 rings (SSSR count). The Morgan fingerprint density at radius 1 is 1.32 bits per heavy atom. The molecule has 2 fully saturated rings. The van der Waals surface area contributed by atoms with Crippen molar-refractivity contribution in [2.75, 3.05) is 0 Å². The number of pyridine rings is 1. The van der Waals surface area contributed by atoms with Crippen molar-refractivity contribution < 1.29 is 23.8 Å². The highest BCUT2D eigenvalue weighted by molar-refractivity contribution is 5.98. The molecule has 4 atom stereocenters. The monoisotopic (exact) mass is 427 g/mol. The van der Waals surface area contributed by atoms with Gasteiger partial charge in [-0.2, -0.15) is 0 Å². The van der Waals surface area contributed by atoms with Crippen molar-refractivity contribution in [3.8, 4) is 5.75 Å². The van der Waals surface area contributed by atoms with Crippen LogP contribution in [0.5, 0.6) is 5.75 Å². The van der Waals surface area contributed by atoms with Crippen LogP contribution in [0.2, 0.25) is 0 Å². The van der Waals surface area contributed by atoms with Crippen LogP contribution in [-0.4, -0.2) is 44.3 Å². The molecule has 3 N–H and O–H groups in total. The highest BCUT2D eigenvalue weighted by atomic mass is 19.1. The Bertz CT molecular complexity index is 1160. The summed E-state index contributed by atoms with van der Waals surface area (Å²) in [4.78, 5) is 38.7. The van der Waals surface area contributed by atoms with Crippen LogP contribution in [0.3, 0.4) is 0 Å². The van der Waals surface area contributed by atoms with Crippen LogP contribution < -0.4 is 11.2 Å². The van der Waals surface area contributed by atoms with Gasteiger partial charge in [0.1, 0.15) is 11.4 Å². The average Bonchev–Trinajstić information content (AvgIpc) is 3.08. The van der Waals surface area contributed by atoms with Gasteiger partial charge >= 0.3 is 0 Å². The van der Waals surface area contributed by atoms with E-state index in [1.54, 1.807) is 17.0 Å². The zero-order valence-electron chi connectivity index (χ0n) is 16.9. The molecule has 2 amide bonds. The zero-order valence-corrected chi connectivity index (χ0v) is 16.9. The first kappa shape index (κ1) is 19.7. The number of carbonyl (C=O) groups is 2. The molecule has 1 saturated carbocycles. The maximum Gasteiger partial charge on any atom is 0.276 e. The van der Waals surface area contributed by atoms with Gasteiger partial charge in [-0.25, -0.2) is 4.39 Å². The van der Waals surface area contributed by atoms with Gasteiger partial charge in [-0.05, 0) is 37.0 Å². The van der Waals surface area contributed by atoms with Crippen molar-refractivity contribution in [3.63, 3.8) is 0 Å². The minimum Gasteiger partial charge on any atom is -0.503 e. The quantitative estimate of drug-likeness (QED) is 0.774. The molecule has 1 aromatic carbocycles. The Morgan fingerprint density at radius 3 is 2.71 bits per heavy atom. The highest BCUT2D eigenvalue weighted by Gasteiger charge is 2.56. The SMILES string of the molecule is C[C@H](c1ccc(F)cc1)C12CCC(C1)N1C(=O)c3c(O)c(=O)c(C(N)=O)cn3CC1O2. The third-order valence-corrected chi connectivity index (χ3v) is 7.03. The number of aromatic hydroxyl groups is 1. The van der Waals surface area contributed by atoms with Crippen molar-refractivity contribution in [2.45, 2.75) is 56.5 Å². The van der Waals surface area contributed by atoms with Crippen LogP contribution in [-0.2, 0) is 11.3 Å². The number of hydrogen-bond donors (Lipinski definition) is 2. The van der Waals surface area contributed by atoms with Gasteiger partial charge in [0.05, 0.1) is 12.1 Å². The number of rotatable bonds is 3. The zero-order chi connectivity index (χ0) is 22.1. The number of fused-ring (bicyclic) bond motifs is 5. The number of nitrogens with zero attached hydrogens (tertiary/aromatic N) is 2. The Morgan fingerprint density at radius 2 is 2.03 bits per heavy atom. The van der Waals surface area contributed by atoms with Crippen LogP contribution in [0.25, 0.3) is 0 Å². The second-order valence-corrected chi connectivity index (χ2v) is 8.61.